The summed E-state index contributed by atoms with van der Waals surface area (Å²) in [4.78, 5) is 14.4. The van der Waals surface area contributed by atoms with Crippen LogP contribution in [-0.4, -0.2) is 24.0 Å². The molecule has 21 heavy (non-hydrogen) atoms. The molecule has 0 aliphatic carbocycles. The van der Waals surface area contributed by atoms with E-state index in [1.807, 2.05) is 12.1 Å². The minimum Gasteiger partial charge on any atom is -0.347 e. The Morgan fingerprint density at radius 2 is 2.29 bits per heavy atom. The van der Waals surface area contributed by atoms with E-state index < -0.39 is 0 Å². The zero-order valence-electron chi connectivity index (χ0n) is 11.4. The molecular formula is C15H16N2OS3. The topological polar surface area (TPSA) is 41.1 Å². The van der Waals surface area contributed by atoms with Gasteiger partial charge in [-0.1, -0.05) is 11.8 Å². The van der Waals surface area contributed by atoms with E-state index in [4.69, 9.17) is 0 Å². The summed E-state index contributed by atoms with van der Waals surface area (Å²) in [6, 6.07) is 7.50. The zero-order valence-corrected chi connectivity index (χ0v) is 13.8. The summed E-state index contributed by atoms with van der Waals surface area (Å²) in [5.41, 5.74) is 0. The first-order chi connectivity index (χ1) is 10.3. The molecule has 1 amide bonds. The van der Waals surface area contributed by atoms with Crippen LogP contribution >= 0.6 is 34.4 Å². The highest BCUT2D eigenvalue weighted by atomic mass is 32.2. The van der Waals surface area contributed by atoms with Gasteiger partial charge in [-0.05, 0) is 42.8 Å². The van der Waals surface area contributed by atoms with Crippen LogP contribution in [0.2, 0.25) is 0 Å². The van der Waals surface area contributed by atoms with Gasteiger partial charge in [-0.15, -0.1) is 11.3 Å². The molecule has 4 heterocycles. The third kappa shape index (κ3) is 2.90. The normalized spacial score (nSPS) is 27.1. The Morgan fingerprint density at radius 3 is 3.00 bits per heavy atom. The number of fused-ring (bicyclic) bond motifs is 2. The standard InChI is InChI=1S/C15H16N2OS3/c18-15(17-12-7-9-1-2-11(12)16-9)13-3-4-14(21-13)20-10-5-6-19-8-10/h3-6,8-9,11-12,16H,1-2,7H2,(H,17,18)/t9-,11+,12-/m1/s1. The minimum absolute atomic E-state index is 0.0801. The Balaban J connectivity index is 1.39. The molecular weight excluding hydrogens is 320 g/mol. The molecule has 2 bridgehead atoms. The lowest BCUT2D eigenvalue weighted by molar-refractivity contribution is 0.0935. The van der Waals surface area contributed by atoms with Gasteiger partial charge in [0.15, 0.2) is 0 Å². The molecule has 3 nitrogen and oxygen atoms in total. The van der Waals surface area contributed by atoms with Crippen LogP contribution in [0.15, 0.2) is 38.1 Å². The molecule has 0 aromatic carbocycles. The highest BCUT2D eigenvalue weighted by Crippen LogP contribution is 2.35. The Kier molecular flexibility index (Phi) is 3.79. The fourth-order valence-corrected chi connectivity index (χ4v) is 5.98. The first-order valence-electron chi connectivity index (χ1n) is 7.15. The Hall–Kier alpha value is -0.820. The van der Waals surface area contributed by atoms with Gasteiger partial charge in [0, 0.05) is 28.4 Å². The van der Waals surface area contributed by atoms with Crippen molar-refractivity contribution in [3.8, 4) is 0 Å². The van der Waals surface area contributed by atoms with Gasteiger partial charge in [0.05, 0.1) is 9.09 Å². The highest BCUT2D eigenvalue weighted by molar-refractivity contribution is 8.01. The summed E-state index contributed by atoms with van der Waals surface area (Å²) in [5.74, 6) is 0.0801. The number of carbonyl (C=O) groups is 1. The number of amides is 1. The molecule has 0 saturated carbocycles. The van der Waals surface area contributed by atoms with E-state index in [0.29, 0.717) is 18.1 Å². The average molecular weight is 337 g/mol. The number of hydrogen-bond acceptors (Lipinski definition) is 5. The van der Waals surface area contributed by atoms with Crippen LogP contribution in [0.1, 0.15) is 28.9 Å². The Morgan fingerprint density at radius 1 is 1.33 bits per heavy atom. The largest absolute Gasteiger partial charge is 0.347 e. The van der Waals surface area contributed by atoms with Gasteiger partial charge in [0.25, 0.3) is 5.91 Å². The highest BCUT2D eigenvalue weighted by Gasteiger charge is 2.39. The van der Waals surface area contributed by atoms with Gasteiger partial charge in [-0.25, -0.2) is 0 Å². The zero-order chi connectivity index (χ0) is 14.2. The van der Waals surface area contributed by atoms with Crippen LogP contribution in [0.4, 0.5) is 0 Å². The van der Waals surface area contributed by atoms with E-state index in [1.54, 1.807) is 34.4 Å². The predicted molar refractivity (Wildman–Crippen MR) is 88.6 cm³/mol. The Bertz CT molecular complexity index is 637. The summed E-state index contributed by atoms with van der Waals surface area (Å²) < 4.78 is 1.17. The second-order valence-electron chi connectivity index (χ2n) is 5.54. The van der Waals surface area contributed by atoms with Gasteiger partial charge in [0.2, 0.25) is 0 Å². The molecule has 0 radical (unpaired) electrons. The maximum Gasteiger partial charge on any atom is 0.261 e. The monoisotopic (exact) mass is 336 g/mol. The summed E-state index contributed by atoms with van der Waals surface area (Å²) >= 11 is 5.00. The quantitative estimate of drug-likeness (QED) is 0.896. The molecule has 2 aliphatic rings. The number of nitrogens with one attached hydrogen (secondary N) is 2. The van der Waals surface area contributed by atoms with Crippen LogP contribution in [0.25, 0.3) is 0 Å². The summed E-state index contributed by atoms with van der Waals surface area (Å²) in [7, 11) is 0. The molecule has 2 aromatic rings. The molecule has 2 aliphatic heterocycles. The summed E-state index contributed by atoms with van der Waals surface area (Å²) in [5, 5.41) is 11.0. The molecule has 2 aromatic heterocycles. The molecule has 4 rings (SSSR count). The molecule has 3 atom stereocenters. The lowest BCUT2D eigenvalue weighted by Gasteiger charge is -2.20. The van der Waals surface area contributed by atoms with E-state index in [2.05, 4.69) is 27.5 Å². The minimum atomic E-state index is 0.0801. The van der Waals surface area contributed by atoms with Crippen LogP contribution in [0, 0.1) is 0 Å². The van der Waals surface area contributed by atoms with Crippen LogP contribution < -0.4 is 10.6 Å². The van der Waals surface area contributed by atoms with E-state index in [-0.39, 0.29) is 5.91 Å². The SMILES string of the molecule is O=C(N[C@@H]1C[C@H]2CC[C@@H]1N2)c1ccc(Sc2ccsc2)s1. The molecule has 0 unspecified atom stereocenters. The van der Waals surface area contributed by atoms with Gasteiger partial charge >= 0.3 is 0 Å². The maximum atomic E-state index is 12.4. The average Bonchev–Trinajstić information content (AvgIpc) is 3.24. The van der Waals surface area contributed by atoms with Crippen molar-refractivity contribution in [2.24, 2.45) is 0 Å². The van der Waals surface area contributed by atoms with Crippen LogP contribution in [0.3, 0.4) is 0 Å². The van der Waals surface area contributed by atoms with E-state index in [1.165, 1.54) is 21.9 Å². The number of thiophene rings is 2. The fourth-order valence-electron chi connectivity index (χ4n) is 3.15. The van der Waals surface area contributed by atoms with Crippen LogP contribution in [-0.2, 0) is 0 Å². The van der Waals surface area contributed by atoms with E-state index in [0.717, 1.165) is 11.3 Å². The smallest absolute Gasteiger partial charge is 0.261 e. The molecule has 0 spiro atoms. The first kappa shape index (κ1) is 13.8. The lowest BCUT2D eigenvalue weighted by Crippen LogP contribution is -2.42. The van der Waals surface area contributed by atoms with Crippen molar-refractivity contribution in [3.63, 3.8) is 0 Å². The number of hydrogen-bond donors (Lipinski definition) is 2. The van der Waals surface area contributed by atoms with Gasteiger partial charge in [-0.2, -0.15) is 11.3 Å². The van der Waals surface area contributed by atoms with Crippen molar-refractivity contribution in [1.82, 2.24) is 10.6 Å². The second-order valence-corrected chi connectivity index (χ2v) is 8.78. The van der Waals surface area contributed by atoms with Crippen molar-refractivity contribution in [1.29, 1.82) is 0 Å². The van der Waals surface area contributed by atoms with Crippen molar-refractivity contribution in [2.45, 2.75) is 46.5 Å². The van der Waals surface area contributed by atoms with E-state index >= 15 is 0 Å². The summed E-state index contributed by atoms with van der Waals surface area (Å²) in [6.07, 6.45) is 3.54. The third-order valence-electron chi connectivity index (χ3n) is 4.14. The lowest BCUT2D eigenvalue weighted by atomic mass is 9.95. The van der Waals surface area contributed by atoms with Gasteiger partial charge < -0.3 is 10.6 Å². The van der Waals surface area contributed by atoms with Crippen molar-refractivity contribution in [2.75, 3.05) is 0 Å². The van der Waals surface area contributed by atoms with Crippen molar-refractivity contribution >= 4 is 40.3 Å². The second kappa shape index (κ2) is 5.76. The van der Waals surface area contributed by atoms with Crippen LogP contribution in [0.5, 0.6) is 0 Å². The molecule has 110 valence electrons. The molecule has 2 saturated heterocycles. The van der Waals surface area contributed by atoms with E-state index in [9.17, 15) is 4.79 Å². The number of rotatable bonds is 4. The maximum absolute atomic E-state index is 12.4. The fraction of sp³-hybridized carbons (Fsp3) is 0.400. The number of carbonyl (C=O) groups excluding carboxylic acids is 1. The molecule has 2 fully saturated rings. The third-order valence-corrected chi connectivity index (χ3v) is 7.17. The molecule has 6 heteroatoms. The molecule has 2 N–H and O–H groups in total. The summed E-state index contributed by atoms with van der Waals surface area (Å²) in [6.45, 7) is 0. The van der Waals surface area contributed by atoms with Gasteiger partial charge in [0.1, 0.15) is 0 Å². The predicted octanol–water partition coefficient (Wildman–Crippen LogP) is 3.58. The van der Waals surface area contributed by atoms with Gasteiger partial charge in [-0.3, -0.25) is 4.79 Å². The Labute approximate surface area is 136 Å². The van der Waals surface area contributed by atoms with Crippen molar-refractivity contribution < 1.29 is 4.79 Å². The first-order valence-corrected chi connectivity index (χ1v) is 9.72. The van der Waals surface area contributed by atoms with Crippen molar-refractivity contribution in [3.05, 3.63) is 33.8 Å².